The molecule has 0 aliphatic carbocycles. The van der Waals surface area contributed by atoms with Crippen LogP contribution in [0.5, 0.6) is 0 Å². The Morgan fingerprint density at radius 1 is 1.32 bits per heavy atom. The van der Waals surface area contributed by atoms with Crippen molar-refractivity contribution in [3.8, 4) is 6.07 Å². The summed E-state index contributed by atoms with van der Waals surface area (Å²) in [6, 6.07) is 9.46. The molecule has 3 rings (SSSR count). The van der Waals surface area contributed by atoms with Gasteiger partial charge in [-0.25, -0.2) is 0 Å². The van der Waals surface area contributed by atoms with Crippen molar-refractivity contribution in [2.24, 2.45) is 5.73 Å². The first-order valence-electron chi connectivity index (χ1n) is 11.1. The van der Waals surface area contributed by atoms with E-state index in [9.17, 15) is 9.59 Å². The van der Waals surface area contributed by atoms with Gasteiger partial charge in [0, 0.05) is 52.3 Å². The van der Waals surface area contributed by atoms with E-state index in [1.807, 2.05) is 24.3 Å². The molecular weight excluding hydrogens is 394 g/mol. The molecule has 3 atom stereocenters. The van der Waals surface area contributed by atoms with Gasteiger partial charge in [0.1, 0.15) is 6.04 Å². The predicted molar refractivity (Wildman–Crippen MR) is 117 cm³/mol. The van der Waals surface area contributed by atoms with E-state index in [1.165, 1.54) is 6.92 Å². The molecular formula is C23H33N5O3. The fourth-order valence-electron chi connectivity index (χ4n) is 4.53. The summed E-state index contributed by atoms with van der Waals surface area (Å²) in [6.07, 6.45) is 3.69. The summed E-state index contributed by atoms with van der Waals surface area (Å²) in [4.78, 5) is 29.0. The van der Waals surface area contributed by atoms with Gasteiger partial charge >= 0.3 is 0 Å². The van der Waals surface area contributed by atoms with Crippen molar-refractivity contribution in [2.45, 2.75) is 57.3 Å². The van der Waals surface area contributed by atoms with Gasteiger partial charge in [0.25, 0.3) is 0 Å². The molecule has 2 aliphatic rings. The first kappa shape index (κ1) is 23.2. The summed E-state index contributed by atoms with van der Waals surface area (Å²) in [7, 11) is 0. The molecule has 0 spiro atoms. The molecule has 2 amide bonds. The van der Waals surface area contributed by atoms with Gasteiger partial charge in [0.15, 0.2) is 0 Å². The summed E-state index contributed by atoms with van der Waals surface area (Å²) < 4.78 is 5.89. The summed E-state index contributed by atoms with van der Waals surface area (Å²) in [5.74, 6) is -0.218. The fourth-order valence-corrected chi connectivity index (χ4v) is 4.53. The number of carbonyl (C=O) groups excluding carboxylic acids is 2. The molecule has 168 valence electrons. The summed E-state index contributed by atoms with van der Waals surface area (Å²) in [5, 5.41) is 11.9. The third-order valence-electron chi connectivity index (χ3n) is 6.17. The average molecular weight is 428 g/mol. The molecule has 0 saturated carbocycles. The van der Waals surface area contributed by atoms with E-state index in [4.69, 9.17) is 15.7 Å². The van der Waals surface area contributed by atoms with Crippen LogP contribution in [-0.4, -0.2) is 72.6 Å². The minimum Gasteiger partial charge on any atom is -0.377 e. The number of nitrogens with two attached hydrogens (primary N) is 1. The highest BCUT2D eigenvalue weighted by molar-refractivity contribution is 5.87. The molecule has 2 heterocycles. The largest absolute Gasteiger partial charge is 0.377 e. The molecule has 2 unspecified atom stereocenters. The Labute approximate surface area is 184 Å². The first-order chi connectivity index (χ1) is 15.0. The number of hydrogen-bond acceptors (Lipinski definition) is 6. The average Bonchev–Trinajstić information content (AvgIpc) is 3.30. The van der Waals surface area contributed by atoms with Crippen molar-refractivity contribution >= 4 is 11.8 Å². The Hall–Kier alpha value is -2.47. The molecule has 0 radical (unpaired) electrons. The third kappa shape index (κ3) is 6.26. The van der Waals surface area contributed by atoms with E-state index >= 15 is 0 Å². The number of hydrogen-bond donors (Lipinski definition) is 2. The summed E-state index contributed by atoms with van der Waals surface area (Å²) >= 11 is 0. The topological polar surface area (TPSA) is 112 Å². The normalized spacial score (nSPS) is 23.5. The van der Waals surface area contributed by atoms with Gasteiger partial charge in [-0.05, 0) is 43.4 Å². The van der Waals surface area contributed by atoms with Crippen molar-refractivity contribution in [1.82, 2.24) is 15.1 Å². The van der Waals surface area contributed by atoms with Crippen LogP contribution in [-0.2, 0) is 20.9 Å². The van der Waals surface area contributed by atoms with Crippen LogP contribution in [0.2, 0.25) is 0 Å². The smallest absolute Gasteiger partial charge is 0.242 e. The number of ether oxygens (including phenoxy) is 1. The Morgan fingerprint density at radius 3 is 2.71 bits per heavy atom. The number of amides is 2. The minimum atomic E-state index is -0.490. The van der Waals surface area contributed by atoms with Gasteiger partial charge in [-0.2, -0.15) is 5.26 Å². The molecule has 8 heteroatoms. The van der Waals surface area contributed by atoms with Crippen LogP contribution in [0.3, 0.4) is 0 Å². The van der Waals surface area contributed by atoms with Crippen molar-refractivity contribution in [3.05, 3.63) is 35.4 Å². The molecule has 1 aromatic rings. The lowest BCUT2D eigenvalue weighted by Crippen LogP contribution is -2.57. The second kappa shape index (κ2) is 11.2. The Bertz CT molecular complexity index is 785. The monoisotopic (exact) mass is 427 g/mol. The van der Waals surface area contributed by atoms with Crippen LogP contribution in [0, 0.1) is 11.3 Å². The van der Waals surface area contributed by atoms with E-state index in [0.717, 1.165) is 38.0 Å². The van der Waals surface area contributed by atoms with Gasteiger partial charge in [0.2, 0.25) is 11.8 Å². The lowest BCUT2D eigenvalue weighted by atomic mass is 9.94. The third-order valence-corrected chi connectivity index (χ3v) is 6.17. The number of nitrogens with one attached hydrogen (secondary N) is 1. The van der Waals surface area contributed by atoms with Crippen LogP contribution in [0.1, 0.15) is 43.7 Å². The number of benzene rings is 1. The molecule has 2 saturated heterocycles. The van der Waals surface area contributed by atoms with Crippen molar-refractivity contribution in [2.75, 3.05) is 32.8 Å². The molecule has 31 heavy (non-hydrogen) atoms. The van der Waals surface area contributed by atoms with Crippen molar-refractivity contribution in [1.29, 1.82) is 5.26 Å². The van der Waals surface area contributed by atoms with Gasteiger partial charge in [0.05, 0.1) is 17.7 Å². The second-order valence-electron chi connectivity index (χ2n) is 8.36. The zero-order chi connectivity index (χ0) is 22.2. The van der Waals surface area contributed by atoms with Crippen LogP contribution < -0.4 is 11.1 Å². The van der Waals surface area contributed by atoms with Gasteiger partial charge < -0.3 is 20.7 Å². The minimum absolute atomic E-state index is 0.0795. The number of piperidine rings is 1. The maximum absolute atomic E-state index is 12.8. The van der Waals surface area contributed by atoms with Gasteiger partial charge in [-0.3, -0.25) is 14.5 Å². The zero-order valence-corrected chi connectivity index (χ0v) is 18.3. The highest BCUT2D eigenvalue weighted by Crippen LogP contribution is 2.26. The van der Waals surface area contributed by atoms with Crippen molar-refractivity contribution < 1.29 is 14.3 Å². The number of nitrogens with zero attached hydrogens (tertiary/aromatic N) is 3. The van der Waals surface area contributed by atoms with Crippen LogP contribution in [0.4, 0.5) is 0 Å². The highest BCUT2D eigenvalue weighted by Gasteiger charge is 2.37. The Balaban J connectivity index is 1.76. The van der Waals surface area contributed by atoms with E-state index in [-0.39, 0.29) is 24.0 Å². The molecule has 0 bridgehead atoms. The van der Waals surface area contributed by atoms with Gasteiger partial charge in [-0.1, -0.05) is 12.1 Å². The van der Waals surface area contributed by atoms with E-state index < -0.39 is 6.04 Å². The van der Waals surface area contributed by atoms with E-state index in [1.54, 1.807) is 4.90 Å². The highest BCUT2D eigenvalue weighted by atomic mass is 16.5. The molecule has 1 aromatic carbocycles. The zero-order valence-electron chi connectivity index (χ0n) is 18.3. The molecule has 3 N–H and O–H groups in total. The summed E-state index contributed by atoms with van der Waals surface area (Å²) in [5.41, 5.74) is 7.30. The fraction of sp³-hybridized carbons (Fsp3) is 0.609. The standard InChI is InChI=1S/C23H33N5O3/c1-17(29)28-11-8-20(13-22(28)23(30)26-10-9-24)27(16-21-3-2-12-31-21)15-19-6-4-18(14-25)5-7-19/h4-7,20-22H,2-3,8-13,15-16,24H2,1H3,(H,26,30)/t20?,21?,22-/m1/s1. The number of nitriles is 1. The SMILES string of the molecule is CC(=O)N1CCC(N(Cc2ccc(C#N)cc2)CC2CCCO2)C[C@@H]1C(=O)NCCN. The van der Waals surface area contributed by atoms with Crippen LogP contribution in [0.15, 0.2) is 24.3 Å². The Morgan fingerprint density at radius 2 is 2.10 bits per heavy atom. The van der Waals surface area contributed by atoms with Crippen LogP contribution >= 0.6 is 0 Å². The molecule has 0 aromatic heterocycles. The maximum Gasteiger partial charge on any atom is 0.242 e. The molecule has 8 nitrogen and oxygen atoms in total. The number of rotatable bonds is 8. The lowest BCUT2D eigenvalue weighted by Gasteiger charge is -2.43. The summed E-state index contributed by atoms with van der Waals surface area (Å²) in [6.45, 7) is 5.14. The quantitative estimate of drug-likeness (QED) is 0.640. The van der Waals surface area contributed by atoms with E-state index in [2.05, 4.69) is 16.3 Å². The molecule has 2 aliphatic heterocycles. The lowest BCUT2D eigenvalue weighted by molar-refractivity contribution is -0.142. The predicted octanol–water partition coefficient (Wildman–Crippen LogP) is 0.994. The second-order valence-corrected chi connectivity index (χ2v) is 8.36. The maximum atomic E-state index is 12.8. The first-order valence-corrected chi connectivity index (χ1v) is 11.1. The number of carbonyl (C=O) groups is 2. The number of likely N-dealkylation sites (tertiary alicyclic amines) is 1. The van der Waals surface area contributed by atoms with Crippen molar-refractivity contribution in [3.63, 3.8) is 0 Å². The van der Waals surface area contributed by atoms with Crippen LogP contribution in [0.25, 0.3) is 0 Å². The molecule has 2 fully saturated rings. The Kier molecular flexibility index (Phi) is 8.41. The van der Waals surface area contributed by atoms with Gasteiger partial charge in [-0.15, -0.1) is 0 Å². The van der Waals surface area contributed by atoms with E-state index in [0.29, 0.717) is 38.2 Å².